The molecule has 0 saturated carbocycles. The normalized spacial score (nSPS) is 13.1. The van der Waals surface area contributed by atoms with Gasteiger partial charge in [-0.15, -0.1) is 0 Å². The van der Waals surface area contributed by atoms with Gasteiger partial charge in [0.25, 0.3) is 0 Å². The van der Waals surface area contributed by atoms with Crippen LogP contribution in [0.3, 0.4) is 0 Å². The Balaban J connectivity index is 3.61. The number of hydrogen-bond donors (Lipinski definition) is 0. The fourth-order valence-electron chi connectivity index (χ4n) is 0.479. The van der Waals surface area contributed by atoms with Gasteiger partial charge in [-0.25, -0.2) is 0 Å². The molecular weight excluding hydrogens is 137 g/mol. The van der Waals surface area contributed by atoms with Gasteiger partial charge in [-0.1, -0.05) is 0 Å². The SMILES string of the molecule is CCCS(CC)=P#N. The maximum absolute atomic E-state index is 8.64. The van der Waals surface area contributed by atoms with Crippen LogP contribution in [0.5, 0.6) is 0 Å². The fraction of sp³-hybridized carbons (Fsp3) is 1.00. The standard InChI is InChI=1S/C5H12NPS/c1-3-5-8(4-2)7-6/h3-5H2,1-2H3. The Hall–Kier alpha value is 0.490. The summed E-state index contributed by atoms with van der Waals surface area (Å²) in [5.74, 6) is 2.32. The molecule has 0 amide bonds. The van der Waals surface area contributed by atoms with Crippen LogP contribution in [-0.2, 0) is 10.1 Å². The second-order valence-electron chi connectivity index (χ2n) is 1.54. The van der Waals surface area contributed by atoms with E-state index >= 15 is 0 Å². The molecule has 0 aliphatic heterocycles. The van der Waals surface area contributed by atoms with Crippen LogP contribution >= 0.6 is 6.99 Å². The second-order valence-corrected chi connectivity index (χ2v) is 5.65. The van der Waals surface area contributed by atoms with Crippen molar-refractivity contribution in [3.05, 3.63) is 0 Å². The summed E-state index contributed by atoms with van der Waals surface area (Å²) in [7, 11) is 0.289. The van der Waals surface area contributed by atoms with Crippen LogP contribution < -0.4 is 0 Å². The van der Waals surface area contributed by atoms with Crippen molar-refractivity contribution in [3.63, 3.8) is 0 Å². The predicted octanol–water partition coefficient (Wildman–Crippen LogP) is 2.38. The zero-order valence-electron chi connectivity index (χ0n) is 5.42. The van der Waals surface area contributed by atoms with Crippen LogP contribution in [0.25, 0.3) is 0 Å². The van der Waals surface area contributed by atoms with Gasteiger partial charge < -0.3 is 0 Å². The molecule has 0 rings (SSSR count). The summed E-state index contributed by atoms with van der Waals surface area (Å²) in [6, 6.07) is 0. The van der Waals surface area contributed by atoms with Gasteiger partial charge in [0.2, 0.25) is 0 Å². The van der Waals surface area contributed by atoms with Crippen molar-refractivity contribution < 1.29 is 0 Å². The molecule has 1 nitrogen and oxygen atoms in total. The average molecular weight is 149 g/mol. The van der Waals surface area contributed by atoms with Crippen LogP contribution in [-0.4, -0.2) is 11.5 Å². The van der Waals surface area contributed by atoms with E-state index in [0.29, 0.717) is 6.99 Å². The van der Waals surface area contributed by atoms with E-state index in [2.05, 4.69) is 13.8 Å². The first-order chi connectivity index (χ1) is 3.85. The molecule has 0 bridgehead atoms. The Morgan fingerprint density at radius 3 is 2.25 bits per heavy atom. The molecule has 0 aliphatic rings. The molecule has 0 spiro atoms. The first-order valence-electron chi connectivity index (χ1n) is 2.87. The van der Waals surface area contributed by atoms with Crippen molar-refractivity contribution in [1.29, 1.82) is 5.00 Å². The summed E-state index contributed by atoms with van der Waals surface area (Å²) in [4.78, 5) is 0. The second kappa shape index (κ2) is 5.62. The topological polar surface area (TPSA) is 23.8 Å². The summed E-state index contributed by atoms with van der Waals surface area (Å²) in [5, 5.41) is 8.64. The summed E-state index contributed by atoms with van der Waals surface area (Å²) >= 11 is 0. The van der Waals surface area contributed by atoms with E-state index in [4.69, 9.17) is 5.00 Å². The molecule has 0 N–H and O–H groups in total. The average Bonchev–Trinajstić information content (AvgIpc) is 1.83. The van der Waals surface area contributed by atoms with Crippen molar-refractivity contribution in [1.82, 2.24) is 0 Å². The van der Waals surface area contributed by atoms with E-state index < -0.39 is 0 Å². The Morgan fingerprint density at radius 2 is 2.12 bits per heavy atom. The van der Waals surface area contributed by atoms with Crippen LogP contribution in [0.15, 0.2) is 0 Å². The molecule has 0 heterocycles. The number of hydrogen-bond acceptors (Lipinski definition) is 1. The van der Waals surface area contributed by atoms with Gasteiger partial charge in [0.05, 0.1) is 0 Å². The van der Waals surface area contributed by atoms with Crippen molar-refractivity contribution in [2.75, 3.05) is 11.5 Å². The number of rotatable bonds is 3. The molecule has 0 fully saturated rings. The molecule has 3 heteroatoms. The predicted molar refractivity (Wildman–Crippen MR) is 41.7 cm³/mol. The first-order valence-corrected chi connectivity index (χ1v) is 5.89. The number of nitrogens with zero attached hydrogens (tertiary/aromatic N) is 1. The molecule has 1 unspecified atom stereocenters. The van der Waals surface area contributed by atoms with Gasteiger partial charge in [0.15, 0.2) is 0 Å². The van der Waals surface area contributed by atoms with Gasteiger partial charge in [-0.3, -0.25) is 0 Å². The summed E-state index contributed by atoms with van der Waals surface area (Å²) < 4.78 is 0. The molecule has 0 aliphatic carbocycles. The van der Waals surface area contributed by atoms with E-state index in [1.807, 2.05) is 0 Å². The van der Waals surface area contributed by atoms with Crippen LogP contribution in [0, 0.1) is 5.00 Å². The Bertz CT molecular complexity index is 138. The van der Waals surface area contributed by atoms with Gasteiger partial charge in [0, 0.05) is 0 Å². The summed E-state index contributed by atoms with van der Waals surface area (Å²) in [6.45, 7) is 4.88. The van der Waals surface area contributed by atoms with Gasteiger partial charge in [-0.2, -0.15) is 0 Å². The zero-order valence-corrected chi connectivity index (χ0v) is 7.13. The Kier molecular flexibility index (Phi) is 5.97. The minimum atomic E-state index is 0.289. The van der Waals surface area contributed by atoms with E-state index in [9.17, 15) is 0 Å². The third kappa shape index (κ3) is 3.49. The van der Waals surface area contributed by atoms with E-state index in [1.165, 1.54) is 12.2 Å². The molecule has 0 saturated heterocycles. The maximum atomic E-state index is 8.64. The van der Waals surface area contributed by atoms with Crippen molar-refractivity contribution in [2.24, 2.45) is 0 Å². The summed E-state index contributed by atoms with van der Waals surface area (Å²) in [6.07, 6.45) is 1.20. The van der Waals surface area contributed by atoms with Gasteiger partial charge >= 0.3 is 53.8 Å². The van der Waals surface area contributed by atoms with Crippen molar-refractivity contribution >= 4 is 17.1 Å². The third-order valence-corrected chi connectivity index (χ3v) is 4.68. The van der Waals surface area contributed by atoms with Crippen LogP contribution in [0.4, 0.5) is 0 Å². The Morgan fingerprint density at radius 1 is 1.50 bits per heavy atom. The van der Waals surface area contributed by atoms with Crippen molar-refractivity contribution in [2.45, 2.75) is 20.3 Å². The third-order valence-electron chi connectivity index (χ3n) is 0.888. The van der Waals surface area contributed by atoms with E-state index in [0.717, 1.165) is 5.75 Å². The monoisotopic (exact) mass is 149 g/mol. The van der Waals surface area contributed by atoms with Crippen LogP contribution in [0.2, 0.25) is 0 Å². The van der Waals surface area contributed by atoms with Crippen molar-refractivity contribution in [3.8, 4) is 0 Å². The summed E-state index contributed by atoms with van der Waals surface area (Å²) in [5.41, 5.74) is 0. The first kappa shape index (κ1) is 8.49. The zero-order chi connectivity index (χ0) is 6.41. The quantitative estimate of drug-likeness (QED) is 0.565. The molecule has 0 radical (unpaired) electrons. The fourth-order valence-corrected chi connectivity index (χ4v) is 2.57. The Labute approximate surface area is 54.5 Å². The molecular formula is C5H12NPS. The van der Waals surface area contributed by atoms with Crippen LogP contribution in [0.1, 0.15) is 20.3 Å². The molecule has 0 aromatic rings. The van der Waals surface area contributed by atoms with Gasteiger partial charge in [-0.05, 0) is 0 Å². The molecule has 0 aromatic carbocycles. The van der Waals surface area contributed by atoms with Gasteiger partial charge in [0.1, 0.15) is 0 Å². The molecule has 48 valence electrons. The molecule has 0 aromatic heterocycles. The minimum absolute atomic E-state index is 0.289. The molecule has 1 atom stereocenters. The van der Waals surface area contributed by atoms with E-state index in [1.54, 1.807) is 0 Å². The molecule has 8 heavy (non-hydrogen) atoms. The van der Waals surface area contributed by atoms with E-state index in [-0.39, 0.29) is 10.1 Å².